The molecule has 0 spiro atoms. The van der Waals surface area contributed by atoms with Gasteiger partial charge < -0.3 is 9.64 Å². The molecule has 2 aromatic carbocycles. The van der Waals surface area contributed by atoms with Crippen LogP contribution in [0.3, 0.4) is 0 Å². The topological polar surface area (TPSA) is 72.7 Å². The van der Waals surface area contributed by atoms with E-state index in [4.69, 9.17) is 4.74 Å². The number of nitro benzene ring substituents is 1. The molecule has 130 valence electrons. The molecule has 0 saturated carbocycles. The summed E-state index contributed by atoms with van der Waals surface area (Å²) >= 11 is 0. The zero-order valence-corrected chi connectivity index (χ0v) is 14.1. The predicted octanol–water partition coefficient (Wildman–Crippen LogP) is 3.51. The molecule has 0 unspecified atom stereocenters. The number of non-ortho nitro benzene ring substituents is 1. The Morgan fingerprint density at radius 1 is 1.08 bits per heavy atom. The minimum Gasteiger partial charge on any atom is -0.482 e. The van der Waals surface area contributed by atoms with E-state index in [2.05, 4.69) is 0 Å². The molecule has 6 heteroatoms. The van der Waals surface area contributed by atoms with Gasteiger partial charge in [0.05, 0.1) is 4.92 Å². The van der Waals surface area contributed by atoms with E-state index in [1.807, 2.05) is 35.2 Å². The van der Waals surface area contributed by atoms with Crippen LogP contribution in [0.4, 0.5) is 5.69 Å². The average molecular weight is 340 g/mol. The molecule has 0 aliphatic carbocycles. The van der Waals surface area contributed by atoms with Gasteiger partial charge in [-0.05, 0) is 17.7 Å². The number of ether oxygens (including phenoxy) is 1. The van der Waals surface area contributed by atoms with Crippen molar-refractivity contribution >= 4 is 11.6 Å². The zero-order valence-electron chi connectivity index (χ0n) is 14.1. The molecular weight excluding hydrogens is 320 g/mol. The number of likely N-dealkylation sites (tertiary alicyclic amines) is 1. The second kappa shape index (κ2) is 6.93. The number of benzene rings is 2. The van der Waals surface area contributed by atoms with Crippen LogP contribution in [0.2, 0.25) is 0 Å². The molecule has 1 amide bonds. The van der Waals surface area contributed by atoms with Crippen LogP contribution in [0.1, 0.15) is 25.3 Å². The van der Waals surface area contributed by atoms with Crippen LogP contribution < -0.4 is 4.74 Å². The Morgan fingerprint density at radius 3 is 2.20 bits per heavy atom. The van der Waals surface area contributed by atoms with Gasteiger partial charge in [-0.3, -0.25) is 14.9 Å². The molecule has 0 N–H and O–H groups in total. The lowest BCUT2D eigenvalue weighted by molar-refractivity contribution is -0.384. The van der Waals surface area contributed by atoms with Gasteiger partial charge in [-0.15, -0.1) is 0 Å². The first-order valence-electron chi connectivity index (χ1n) is 8.25. The Balaban J connectivity index is 1.87. The van der Waals surface area contributed by atoms with E-state index in [0.29, 0.717) is 31.7 Å². The van der Waals surface area contributed by atoms with Gasteiger partial charge >= 0.3 is 0 Å². The van der Waals surface area contributed by atoms with Crippen molar-refractivity contribution < 1.29 is 14.5 Å². The van der Waals surface area contributed by atoms with Crippen LogP contribution in [-0.2, 0) is 10.4 Å². The van der Waals surface area contributed by atoms with Crippen LogP contribution in [0, 0.1) is 10.1 Å². The third-order valence-electron chi connectivity index (χ3n) is 4.68. The lowest BCUT2D eigenvalue weighted by Gasteiger charge is -2.42. The molecule has 3 rings (SSSR count). The van der Waals surface area contributed by atoms with Gasteiger partial charge in [0.25, 0.3) is 5.69 Å². The van der Waals surface area contributed by atoms with Crippen molar-refractivity contribution in [2.24, 2.45) is 0 Å². The highest BCUT2D eigenvalue weighted by atomic mass is 16.6. The number of piperidine rings is 1. The summed E-state index contributed by atoms with van der Waals surface area (Å²) in [6, 6.07) is 16.1. The number of hydrogen-bond acceptors (Lipinski definition) is 4. The molecule has 0 atom stereocenters. The van der Waals surface area contributed by atoms with Crippen molar-refractivity contribution in [3.05, 3.63) is 70.3 Å². The molecule has 0 aromatic heterocycles. The third kappa shape index (κ3) is 3.63. The molecule has 1 heterocycles. The highest BCUT2D eigenvalue weighted by molar-refractivity contribution is 5.73. The number of amides is 1. The molecule has 25 heavy (non-hydrogen) atoms. The molecule has 1 saturated heterocycles. The highest BCUT2D eigenvalue weighted by Crippen LogP contribution is 2.38. The lowest BCUT2D eigenvalue weighted by atomic mass is 9.84. The number of nitrogens with zero attached hydrogens (tertiary/aromatic N) is 2. The number of hydrogen-bond donors (Lipinski definition) is 0. The van der Waals surface area contributed by atoms with E-state index in [0.717, 1.165) is 5.56 Å². The first kappa shape index (κ1) is 17.0. The normalized spacial score (nSPS) is 16.3. The fourth-order valence-electron chi connectivity index (χ4n) is 3.24. The van der Waals surface area contributed by atoms with Crippen molar-refractivity contribution in [1.82, 2.24) is 4.90 Å². The monoisotopic (exact) mass is 340 g/mol. The first-order chi connectivity index (χ1) is 12.0. The van der Waals surface area contributed by atoms with Crippen molar-refractivity contribution in [3.8, 4) is 5.75 Å². The molecule has 0 bridgehead atoms. The molecule has 0 radical (unpaired) electrons. The van der Waals surface area contributed by atoms with Gasteiger partial charge in [-0.2, -0.15) is 0 Å². The molecular formula is C19H20N2O4. The largest absolute Gasteiger partial charge is 0.482 e. The Kier molecular flexibility index (Phi) is 4.70. The molecule has 2 aromatic rings. The second-order valence-corrected chi connectivity index (χ2v) is 6.22. The van der Waals surface area contributed by atoms with Crippen LogP contribution in [0.25, 0.3) is 0 Å². The first-order valence-corrected chi connectivity index (χ1v) is 8.25. The molecule has 1 aliphatic heterocycles. The summed E-state index contributed by atoms with van der Waals surface area (Å²) in [4.78, 5) is 23.8. The van der Waals surface area contributed by atoms with Crippen LogP contribution in [-0.4, -0.2) is 28.8 Å². The summed E-state index contributed by atoms with van der Waals surface area (Å²) in [5.74, 6) is 0.655. The average Bonchev–Trinajstić information content (AvgIpc) is 2.63. The van der Waals surface area contributed by atoms with E-state index in [1.165, 1.54) is 12.1 Å². The predicted molar refractivity (Wildman–Crippen MR) is 93.3 cm³/mol. The number of nitro groups is 1. The van der Waals surface area contributed by atoms with Crippen molar-refractivity contribution in [2.75, 3.05) is 13.1 Å². The van der Waals surface area contributed by atoms with Crippen molar-refractivity contribution in [2.45, 2.75) is 25.4 Å². The zero-order chi connectivity index (χ0) is 17.9. The quantitative estimate of drug-likeness (QED) is 0.631. The maximum atomic E-state index is 11.6. The minimum absolute atomic E-state index is 0.0347. The van der Waals surface area contributed by atoms with Crippen LogP contribution >= 0.6 is 0 Å². The standard InChI is InChI=1S/C19H20N2O4/c1-15(22)20-13-11-19(12-14-20,16-5-3-2-4-6-16)25-18-9-7-17(8-10-18)21(23)24/h2-10H,11-14H2,1H3. The van der Waals surface area contributed by atoms with Gasteiger partial charge in [0.15, 0.2) is 0 Å². The summed E-state index contributed by atoms with van der Waals surface area (Å²) in [7, 11) is 0. The van der Waals surface area contributed by atoms with Gasteiger partial charge in [0.1, 0.15) is 11.4 Å². The van der Waals surface area contributed by atoms with Crippen LogP contribution in [0.15, 0.2) is 54.6 Å². The summed E-state index contributed by atoms with van der Waals surface area (Å²) in [5.41, 5.74) is 0.549. The Labute approximate surface area is 146 Å². The number of carbonyl (C=O) groups excluding carboxylic acids is 1. The van der Waals surface area contributed by atoms with Crippen LogP contribution in [0.5, 0.6) is 5.75 Å². The van der Waals surface area contributed by atoms with E-state index < -0.39 is 10.5 Å². The van der Waals surface area contributed by atoms with E-state index in [1.54, 1.807) is 19.1 Å². The SMILES string of the molecule is CC(=O)N1CCC(Oc2ccc([N+](=O)[O-])cc2)(c2ccccc2)CC1. The van der Waals surface area contributed by atoms with E-state index in [9.17, 15) is 14.9 Å². The second-order valence-electron chi connectivity index (χ2n) is 6.22. The summed E-state index contributed by atoms with van der Waals surface area (Å²) in [6.45, 7) is 2.82. The molecule has 1 fully saturated rings. The minimum atomic E-state index is -0.538. The number of rotatable bonds is 4. The molecule has 1 aliphatic rings. The summed E-state index contributed by atoms with van der Waals surface area (Å²) in [5, 5.41) is 10.8. The van der Waals surface area contributed by atoms with Gasteiger partial charge in [-0.1, -0.05) is 30.3 Å². The summed E-state index contributed by atoms with van der Waals surface area (Å²) < 4.78 is 6.33. The van der Waals surface area contributed by atoms with Crippen molar-refractivity contribution in [1.29, 1.82) is 0 Å². The van der Waals surface area contributed by atoms with E-state index in [-0.39, 0.29) is 11.6 Å². The highest BCUT2D eigenvalue weighted by Gasteiger charge is 2.39. The smallest absolute Gasteiger partial charge is 0.269 e. The van der Waals surface area contributed by atoms with E-state index >= 15 is 0 Å². The Hall–Kier alpha value is -2.89. The van der Waals surface area contributed by atoms with Gasteiger partial charge in [0, 0.05) is 45.0 Å². The fraction of sp³-hybridized carbons (Fsp3) is 0.316. The Morgan fingerprint density at radius 2 is 1.68 bits per heavy atom. The Bertz CT molecular complexity index is 751. The fourth-order valence-corrected chi connectivity index (χ4v) is 3.24. The lowest BCUT2D eigenvalue weighted by Crippen LogP contribution is -2.47. The third-order valence-corrected chi connectivity index (χ3v) is 4.68. The maximum absolute atomic E-state index is 11.6. The molecule has 6 nitrogen and oxygen atoms in total. The van der Waals surface area contributed by atoms with Gasteiger partial charge in [0.2, 0.25) is 5.91 Å². The maximum Gasteiger partial charge on any atom is 0.269 e. The van der Waals surface area contributed by atoms with Crippen molar-refractivity contribution in [3.63, 3.8) is 0 Å². The van der Waals surface area contributed by atoms with Gasteiger partial charge in [-0.25, -0.2) is 0 Å². The summed E-state index contributed by atoms with van der Waals surface area (Å²) in [6.07, 6.45) is 1.35. The number of carbonyl (C=O) groups is 1.